The third-order valence-electron chi connectivity index (χ3n) is 2.82. The molecule has 18 heavy (non-hydrogen) atoms. The van der Waals surface area contributed by atoms with Crippen molar-refractivity contribution in [3.63, 3.8) is 0 Å². The molecule has 1 aliphatic heterocycles. The fourth-order valence-corrected chi connectivity index (χ4v) is 2.21. The molecule has 102 valence electrons. The van der Waals surface area contributed by atoms with Crippen LogP contribution in [0.3, 0.4) is 0 Å². The van der Waals surface area contributed by atoms with E-state index in [9.17, 15) is 0 Å². The van der Waals surface area contributed by atoms with Crippen molar-refractivity contribution in [2.75, 3.05) is 26.2 Å². The quantitative estimate of drug-likeness (QED) is 0.846. The van der Waals surface area contributed by atoms with Crippen molar-refractivity contribution in [1.29, 1.82) is 0 Å². The first-order chi connectivity index (χ1) is 7.81. The summed E-state index contributed by atoms with van der Waals surface area (Å²) in [6, 6.07) is 4.31. The van der Waals surface area contributed by atoms with Crippen molar-refractivity contribution in [3.8, 4) is 0 Å². The summed E-state index contributed by atoms with van der Waals surface area (Å²) in [5.41, 5.74) is 1.07. The highest BCUT2D eigenvalue weighted by molar-refractivity contribution is 9.10. The molecule has 1 aromatic rings. The van der Waals surface area contributed by atoms with E-state index in [4.69, 9.17) is 0 Å². The summed E-state index contributed by atoms with van der Waals surface area (Å²) in [7, 11) is 0. The lowest BCUT2D eigenvalue weighted by Crippen LogP contribution is -2.44. The van der Waals surface area contributed by atoms with Gasteiger partial charge in [0.2, 0.25) is 0 Å². The van der Waals surface area contributed by atoms with Crippen molar-refractivity contribution >= 4 is 40.7 Å². The molecule has 0 radical (unpaired) electrons. The van der Waals surface area contributed by atoms with E-state index in [1.165, 1.54) is 0 Å². The highest BCUT2D eigenvalue weighted by atomic mass is 79.9. The zero-order valence-corrected chi connectivity index (χ0v) is 13.2. The van der Waals surface area contributed by atoms with Crippen molar-refractivity contribution in [2.24, 2.45) is 0 Å². The summed E-state index contributed by atoms with van der Waals surface area (Å²) in [6.07, 6.45) is 3.82. The second-order valence-electron chi connectivity index (χ2n) is 3.87. The van der Waals surface area contributed by atoms with Gasteiger partial charge >= 0.3 is 0 Å². The maximum atomic E-state index is 4.44. The summed E-state index contributed by atoms with van der Waals surface area (Å²) in [5.74, 6) is 0. The van der Waals surface area contributed by atoms with Crippen LogP contribution in [0.15, 0.2) is 35.5 Å². The first-order valence-corrected chi connectivity index (χ1v) is 6.29. The lowest BCUT2D eigenvalue weighted by atomic mass is 10.1. The number of hydrogen-bond acceptors (Lipinski definition) is 3. The maximum Gasteiger partial charge on any atom is 0.0704 e. The number of hydrogen-bond donors (Lipinski definition) is 1. The molecule has 0 amide bonds. The van der Waals surface area contributed by atoms with E-state index in [0.717, 1.165) is 36.3 Å². The molecule has 0 unspecified atom stereocenters. The molecule has 0 saturated carbocycles. The minimum absolute atomic E-state index is 0. The van der Waals surface area contributed by atoms with Crippen LogP contribution in [0.4, 0.5) is 0 Å². The first-order valence-electron chi connectivity index (χ1n) is 5.50. The van der Waals surface area contributed by atoms with E-state index in [0.29, 0.717) is 0 Å². The smallest absolute Gasteiger partial charge is 0.0704 e. The number of nitrogens with zero attached hydrogens (tertiary/aromatic N) is 2. The summed E-state index contributed by atoms with van der Waals surface area (Å²) >= 11 is 3.40. The molecule has 2 heterocycles. The van der Waals surface area contributed by atoms with E-state index in [1.54, 1.807) is 0 Å². The summed E-state index contributed by atoms with van der Waals surface area (Å²) in [4.78, 5) is 6.85. The van der Waals surface area contributed by atoms with Gasteiger partial charge in [-0.3, -0.25) is 9.88 Å². The van der Waals surface area contributed by atoms with Gasteiger partial charge in [0.15, 0.2) is 0 Å². The molecule has 3 nitrogen and oxygen atoms in total. The Labute approximate surface area is 129 Å². The highest BCUT2D eigenvalue weighted by Crippen LogP contribution is 2.21. The van der Waals surface area contributed by atoms with Crippen LogP contribution < -0.4 is 5.32 Å². The normalized spacial score (nSPS) is 17.2. The molecule has 1 N–H and O–H groups in total. The number of nitrogens with one attached hydrogen (secondary N) is 1. The van der Waals surface area contributed by atoms with Gasteiger partial charge in [0.05, 0.1) is 11.7 Å². The Hall–Kier alpha value is -0.130. The second kappa shape index (κ2) is 8.88. The monoisotopic (exact) mass is 353 g/mol. The highest BCUT2D eigenvalue weighted by Gasteiger charge is 2.19. The van der Waals surface area contributed by atoms with Crippen LogP contribution in [0.25, 0.3) is 0 Å². The summed E-state index contributed by atoms with van der Waals surface area (Å²) in [6.45, 7) is 8.11. The lowest BCUT2D eigenvalue weighted by molar-refractivity contribution is 0.200. The fourth-order valence-electron chi connectivity index (χ4n) is 1.98. The van der Waals surface area contributed by atoms with Crippen LogP contribution in [0, 0.1) is 0 Å². The minimum atomic E-state index is 0. The van der Waals surface area contributed by atoms with Crippen LogP contribution >= 0.6 is 40.7 Å². The maximum absolute atomic E-state index is 4.44. The van der Waals surface area contributed by atoms with Crippen LogP contribution in [0.5, 0.6) is 0 Å². The zero-order valence-electron chi connectivity index (χ0n) is 10.0. The van der Waals surface area contributed by atoms with Crippen LogP contribution in [-0.4, -0.2) is 36.1 Å². The van der Waals surface area contributed by atoms with E-state index in [-0.39, 0.29) is 30.9 Å². The average Bonchev–Trinajstić information content (AvgIpc) is 2.34. The molecular weight excluding hydrogens is 337 g/mol. The fraction of sp³-hybridized carbons (Fsp3) is 0.417. The van der Waals surface area contributed by atoms with Gasteiger partial charge in [-0.05, 0) is 28.1 Å². The van der Waals surface area contributed by atoms with E-state index in [2.05, 4.69) is 43.8 Å². The van der Waals surface area contributed by atoms with Crippen LogP contribution in [0.2, 0.25) is 0 Å². The Balaban J connectivity index is 0.00000144. The molecule has 6 heteroatoms. The molecule has 0 aromatic carbocycles. The van der Waals surface area contributed by atoms with E-state index < -0.39 is 0 Å². The van der Waals surface area contributed by atoms with Gasteiger partial charge in [-0.1, -0.05) is 6.08 Å². The molecule has 1 fully saturated rings. The largest absolute Gasteiger partial charge is 0.314 e. The van der Waals surface area contributed by atoms with Gasteiger partial charge in [-0.25, -0.2) is 0 Å². The Bertz CT molecular complexity index is 353. The average molecular weight is 355 g/mol. The van der Waals surface area contributed by atoms with E-state index >= 15 is 0 Å². The predicted octanol–water partition coefficient (Wildman–Crippen LogP) is 2.82. The van der Waals surface area contributed by atoms with Gasteiger partial charge in [0.1, 0.15) is 0 Å². The molecule has 1 aromatic heterocycles. The molecule has 0 spiro atoms. The molecular formula is C12H18BrCl2N3. The Morgan fingerprint density at radius 3 is 2.50 bits per heavy atom. The molecule has 1 aliphatic rings. The van der Waals surface area contributed by atoms with Crippen molar-refractivity contribution in [3.05, 3.63) is 41.2 Å². The molecule has 0 aliphatic carbocycles. The minimum Gasteiger partial charge on any atom is -0.314 e. The standard InChI is InChI=1S/C12H16BrN3.2ClH/c1-2-12(16-7-5-14-6-8-16)11-4-3-10(13)9-15-11;;/h2-4,9,12,14H,1,5-8H2;2*1H/t12-;;/m1../s1. The van der Waals surface area contributed by atoms with Gasteiger partial charge in [-0.2, -0.15) is 0 Å². The number of halogens is 3. The summed E-state index contributed by atoms with van der Waals surface area (Å²) in [5, 5.41) is 3.35. The third-order valence-corrected chi connectivity index (χ3v) is 3.29. The van der Waals surface area contributed by atoms with Crippen molar-refractivity contribution in [1.82, 2.24) is 15.2 Å². The van der Waals surface area contributed by atoms with Crippen molar-refractivity contribution < 1.29 is 0 Å². The number of rotatable bonds is 3. The molecule has 1 saturated heterocycles. The molecule has 1 atom stereocenters. The summed E-state index contributed by atoms with van der Waals surface area (Å²) < 4.78 is 1.01. The predicted molar refractivity (Wildman–Crippen MR) is 83.8 cm³/mol. The van der Waals surface area contributed by atoms with Crippen molar-refractivity contribution in [2.45, 2.75) is 6.04 Å². The third kappa shape index (κ3) is 4.52. The number of piperazine rings is 1. The number of aromatic nitrogens is 1. The first kappa shape index (κ1) is 17.9. The molecule has 2 rings (SSSR count). The Morgan fingerprint density at radius 2 is 2.00 bits per heavy atom. The second-order valence-corrected chi connectivity index (χ2v) is 4.78. The van der Waals surface area contributed by atoms with Crippen LogP contribution in [0.1, 0.15) is 11.7 Å². The lowest BCUT2D eigenvalue weighted by Gasteiger charge is -2.32. The van der Waals surface area contributed by atoms with E-state index in [1.807, 2.05) is 18.3 Å². The SMILES string of the molecule is C=C[C@H](c1ccc(Br)cn1)N1CCNCC1.Cl.Cl. The molecule has 0 bridgehead atoms. The zero-order chi connectivity index (χ0) is 11.4. The topological polar surface area (TPSA) is 28.2 Å². The van der Waals surface area contributed by atoms with Gasteiger partial charge in [-0.15, -0.1) is 31.4 Å². The van der Waals surface area contributed by atoms with Gasteiger partial charge in [0, 0.05) is 36.8 Å². The Kier molecular flexibility index (Phi) is 8.82. The number of pyridine rings is 1. The van der Waals surface area contributed by atoms with Gasteiger partial charge < -0.3 is 5.32 Å². The Morgan fingerprint density at radius 1 is 1.33 bits per heavy atom. The van der Waals surface area contributed by atoms with Crippen LogP contribution in [-0.2, 0) is 0 Å². The van der Waals surface area contributed by atoms with Gasteiger partial charge in [0.25, 0.3) is 0 Å².